The molecule has 0 saturated heterocycles. The number of amides is 1. The first kappa shape index (κ1) is 11.5. The van der Waals surface area contributed by atoms with Gasteiger partial charge in [-0.15, -0.1) is 0 Å². The Morgan fingerprint density at radius 3 is 2.73 bits per heavy atom. The largest absolute Gasteiger partial charge is 0.506 e. The molecule has 3 N–H and O–H groups in total. The van der Waals surface area contributed by atoms with Crippen LogP contribution in [0.4, 0.5) is 0 Å². The van der Waals surface area contributed by atoms with E-state index >= 15 is 0 Å². The fraction of sp³-hybridized carbons (Fsp3) is 0.400. The van der Waals surface area contributed by atoms with Crippen LogP contribution < -0.4 is 5.32 Å². The van der Waals surface area contributed by atoms with E-state index in [1.165, 1.54) is 18.5 Å². The van der Waals surface area contributed by atoms with Crippen LogP contribution in [0.5, 0.6) is 5.75 Å². The molecule has 0 radical (unpaired) electrons. The van der Waals surface area contributed by atoms with Crippen LogP contribution in [0.2, 0.25) is 0 Å². The first-order valence-electron chi connectivity index (χ1n) is 4.52. The van der Waals surface area contributed by atoms with Gasteiger partial charge < -0.3 is 15.5 Å². The van der Waals surface area contributed by atoms with Gasteiger partial charge in [-0.3, -0.25) is 9.78 Å². The summed E-state index contributed by atoms with van der Waals surface area (Å²) in [5.41, 5.74) is -0.431. The number of hydrogen-bond acceptors (Lipinski definition) is 4. The van der Waals surface area contributed by atoms with Gasteiger partial charge in [-0.25, -0.2) is 0 Å². The molecular weight excluding hydrogens is 196 g/mol. The van der Waals surface area contributed by atoms with Crippen LogP contribution in [-0.4, -0.2) is 33.3 Å². The standard InChI is InChI=1S/C10H14N2O3/c1-10(2,6-13)12-9(15)7-3-8(14)5-11-4-7/h3-5,13-14H,6H2,1-2H3,(H,12,15). The first-order valence-corrected chi connectivity index (χ1v) is 4.52. The Bertz CT molecular complexity index is 363. The summed E-state index contributed by atoms with van der Waals surface area (Å²) in [4.78, 5) is 15.3. The zero-order valence-electron chi connectivity index (χ0n) is 8.69. The van der Waals surface area contributed by atoms with E-state index in [-0.39, 0.29) is 23.8 Å². The third kappa shape index (κ3) is 3.21. The van der Waals surface area contributed by atoms with Gasteiger partial charge >= 0.3 is 0 Å². The summed E-state index contributed by atoms with van der Waals surface area (Å²) in [5.74, 6) is -0.443. The molecule has 0 atom stereocenters. The second kappa shape index (κ2) is 4.27. The molecule has 82 valence electrons. The second-order valence-electron chi connectivity index (χ2n) is 3.93. The van der Waals surface area contributed by atoms with E-state index in [9.17, 15) is 4.79 Å². The minimum Gasteiger partial charge on any atom is -0.506 e. The highest BCUT2D eigenvalue weighted by Gasteiger charge is 2.20. The molecule has 0 aliphatic heterocycles. The Hall–Kier alpha value is -1.62. The summed E-state index contributed by atoms with van der Waals surface area (Å²) in [7, 11) is 0. The van der Waals surface area contributed by atoms with Crippen molar-refractivity contribution in [2.75, 3.05) is 6.61 Å². The van der Waals surface area contributed by atoms with Crippen LogP contribution in [0.15, 0.2) is 18.5 Å². The third-order valence-corrected chi connectivity index (χ3v) is 1.83. The summed E-state index contributed by atoms with van der Waals surface area (Å²) in [6, 6.07) is 1.32. The van der Waals surface area contributed by atoms with E-state index in [2.05, 4.69) is 10.3 Å². The Labute approximate surface area is 87.8 Å². The smallest absolute Gasteiger partial charge is 0.253 e. The zero-order valence-corrected chi connectivity index (χ0v) is 8.69. The highest BCUT2D eigenvalue weighted by Crippen LogP contribution is 2.10. The molecule has 1 heterocycles. The lowest BCUT2D eigenvalue weighted by molar-refractivity contribution is 0.0868. The molecule has 0 fully saturated rings. The monoisotopic (exact) mass is 210 g/mol. The van der Waals surface area contributed by atoms with Crippen molar-refractivity contribution >= 4 is 5.91 Å². The van der Waals surface area contributed by atoms with Gasteiger partial charge in [0.05, 0.1) is 23.9 Å². The van der Waals surface area contributed by atoms with Gasteiger partial charge in [-0.2, -0.15) is 0 Å². The van der Waals surface area contributed by atoms with Gasteiger partial charge in [-0.1, -0.05) is 0 Å². The van der Waals surface area contributed by atoms with Gasteiger partial charge in [0, 0.05) is 6.20 Å². The van der Waals surface area contributed by atoms with Crippen molar-refractivity contribution < 1.29 is 15.0 Å². The maximum atomic E-state index is 11.6. The van der Waals surface area contributed by atoms with Crippen molar-refractivity contribution in [2.24, 2.45) is 0 Å². The Kier molecular flexibility index (Phi) is 3.26. The van der Waals surface area contributed by atoms with Gasteiger partial charge in [0.15, 0.2) is 0 Å². The summed E-state index contributed by atoms with van der Waals surface area (Å²) >= 11 is 0. The van der Waals surface area contributed by atoms with Gasteiger partial charge in [0.1, 0.15) is 5.75 Å². The van der Waals surface area contributed by atoms with Crippen molar-refractivity contribution in [3.8, 4) is 5.75 Å². The molecular formula is C10H14N2O3. The molecule has 1 rings (SSSR count). The summed E-state index contributed by atoms with van der Waals surface area (Å²) in [5, 5.41) is 20.7. The summed E-state index contributed by atoms with van der Waals surface area (Å²) in [6.45, 7) is 3.23. The number of pyridine rings is 1. The summed E-state index contributed by atoms with van der Waals surface area (Å²) < 4.78 is 0. The molecule has 1 aromatic rings. The van der Waals surface area contributed by atoms with Crippen molar-refractivity contribution in [3.05, 3.63) is 24.0 Å². The predicted molar refractivity (Wildman–Crippen MR) is 54.5 cm³/mol. The number of aliphatic hydroxyl groups excluding tert-OH is 1. The van der Waals surface area contributed by atoms with Crippen LogP contribution in [-0.2, 0) is 0 Å². The first-order chi connectivity index (χ1) is 6.94. The number of rotatable bonds is 3. The maximum absolute atomic E-state index is 11.6. The highest BCUT2D eigenvalue weighted by atomic mass is 16.3. The average molecular weight is 210 g/mol. The fourth-order valence-electron chi connectivity index (χ4n) is 0.971. The average Bonchev–Trinajstić information content (AvgIpc) is 2.17. The van der Waals surface area contributed by atoms with E-state index in [0.717, 1.165) is 0 Å². The molecule has 0 saturated carbocycles. The van der Waals surface area contributed by atoms with Crippen molar-refractivity contribution in [1.29, 1.82) is 0 Å². The molecule has 0 bridgehead atoms. The predicted octanol–water partition coefficient (Wildman–Crippen LogP) is 0.288. The Morgan fingerprint density at radius 1 is 1.53 bits per heavy atom. The van der Waals surface area contributed by atoms with Crippen molar-refractivity contribution in [2.45, 2.75) is 19.4 Å². The Balaban J connectivity index is 2.78. The number of nitrogens with zero attached hydrogens (tertiary/aromatic N) is 1. The number of aliphatic hydroxyl groups is 1. The third-order valence-electron chi connectivity index (χ3n) is 1.83. The van der Waals surface area contributed by atoms with E-state index in [0.29, 0.717) is 0 Å². The molecule has 0 unspecified atom stereocenters. The lowest BCUT2D eigenvalue weighted by Gasteiger charge is -2.23. The van der Waals surface area contributed by atoms with Crippen molar-refractivity contribution in [1.82, 2.24) is 10.3 Å². The van der Waals surface area contributed by atoms with E-state index in [1.807, 2.05) is 0 Å². The van der Waals surface area contributed by atoms with Crippen LogP contribution in [0.25, 0.3) is 0 Å². The van der Waals surface area contributed by atoms with E-state index in [4.69, 9.17) is 10.2 Å². The lowest BCUT2D eigenvalue weighted by atomic mass is 10.1. The maximum Gasteiger partial charge on any atom is 0.253 e. The molecule has 5 nitrogen and oxygen atoms in total. The zero-order chi connectivity index (χ0) is 11.5. The van der Waals surface area contributed by atoms with E-state index in [1.54, 1.807) is 13.8 Å². The molecule has 1 amide bonds. The number of aromatic hydroxyl groups is 1. The fourth-order valence-corrected chi connectivity index (χ4v) is 0.971. The Morgan fingerprint density at radius 2 is 2.20 bits per heavy atom. The van der Waals surface area contributed by atoms with Crippen LogP contribution >= 0.6 is 0 Å². The number of nitrogens with one attached hydrogen (secondary N) is 1. The van der Waals surface area contributed by atoms with E-state index < -0.39 is 5.54 Å². The van der Waals surface area contributed by atoms with Crippen LogP contribution in [0, 0.1) is 0 Å². The van der Waals surface area contributed by atoms with Gasteiger partial charge in [0.25, 0.3) is 5.91 Å². The highest BCUT2D eigenvalue weighted by molar-refractivity contribution is 5.94. The number of aromatic nitrogens is 1. The molecule has 0 spiro atoms. The minimum absolute atomic E-state index is 0.0653. The SMILES string of the molecule is CC(C)(CO)NC(=O)c1cncc(O)c1. The number of carbonyl (C=O) groups is 1. The molecule has 0 aliphatic rings. The molecule has 5 heteroatoms. The molecule has 1 aromatic heterocycles. The second-order valence-corrected chi connectivity index (χ2v) is 3.93. The van der Waals surface area contributed by atoms with Gasteiger partial charge in [-0.05, 0) is 19.9 Å². The van der Waals surface area contributed by atoms with Crippen LogP contribution in [0.1, 0.15) is 24.2 Å². The number of carbonyl (C=O) groups excluding carboxylic acids is 1. The quantitative estimate of drug-likeness (QED) is 0.669. The number of hydrogen-bond donors (Lipinski definition) is 3. The minimum atomic E-state index is -0.692. The molecule has 0 aliphatic carbocycles. The van der Waals surface area contributed by atoms with Gasteiger partial charge in [0.2, 0.25) is 0 Å². The lowest BCUT2D eigenvalue weighted by Crippen LogP contribution is -2.46. The van der Waals surface area contributed by atoms with Crippen LogP contribution in [0.3, 0.4) is 0 Å². The topological polar surface area (TPSA) is 82.5 Å². The molecule has 0 aromatic carbocycles. The normalized spacial score (nSPS) is 11.1. The van der Waals surface area contributed by atoms with Crippen molar-refractivity contribution in [3.63, 3.8) is 0 Å². The summed E-state index contributed by atoms with van der Waals surface area (Å²) in [6.07, 6.45) is 2.59. The molecule has 15 heavy (non-hydrogen) atoms.